The minimum Gasteiger partial charge on any atom is -0.382 e. The zero-order valence-electron chi connectivity index (χ0n) is 10.2. The Hall–Kier alpha value is -1.07. The van der Waals surface area contributed by atoms with Crippen LogP contribution < -0.4 is 10.6 Å². The highest BCUT2D eigenvalue weighted by Gasteiger charge is 2.23. The Kier molecular flexibility index (Phi) is 3.69. The van der Waals surface area contributed by atoms with Crippen LogP contribution in [0.4, 0.5) is 11.6 Å². The van der Waals surface area contributed by atoms with Crippen LogP contribution in [0.15, 0.2) is 6.33 Å². The molecular formula is C11H18ClN5. The number of nitrogen functional groups attached to an aromatic ring is 1. The molecule has 94 valence electrons. The summed E-state index contributed by atoms with van der Waals surface area (Å²) in [5.74, 6) is 1.07. The second kappa shape index (κ2) is 5.06. The molecule has 0 spiro atoms. The van der Waals surface area contributed by atoms with Crippen molar-refractivity contribution in [1.29, 1.82) is 0 Å². The summed E-state index contributed by atoms with van der Waals surface area (Å²) in [7, 11) is 4.16. The second-order valence-electron chi connectivity index (χ2n) is 4.54. The van der Waals surface area contributed by atoms with Crippen molar-refractivity contribution < 1.29 is 0 Å². The van der Waals surface area contributed by atoms with Crippen LogP contribution in [0.1, 0.15) is 12.8 Å². The number of hydrogen-bond acceptors (Lipinski definition) is 5. The van der Waals surface area contributed by atoms with Gasteiger partial charge in [-0.2, -0.15) is 0 Å². The number of rotatable bonds is 2. The average Bonchev–Trinajstić information content (AvgIpc) is 2.33. The standard InChI is InChI=1S/C11H18ClN5/c1-16-5-3-8(4-6-16)17(2)11-9(12)10(13)14-7-15-11/h7-8H,3-6H2,1-2H3,(H2,13,14,15). The number of anilines is 2. The lowest BCUT2D eigenvalue weighted by Crippen LogP contribution is -2.42. The van der Waals surface area contributed by atoms with Crippen LogP contribution in [0.2, 0.25) is 5.02 Å². The molecule has 0 amide bonds. The number of hydrogen-bond donors (Lipinski definition) is 1. The van der Waals surface area contributed by atoms with E-state index in [2.05, 4.69) is 26.8 Å². The van der Waals surface area contributed by atoms with Crippen LogP contribution in [0, 0.1) is 0 Å². The normalized spacial score (nSPS) is 18.3. The number of nitrogens with zero attached hydrogens (tertiary/aromatic N) is 4. The van der Waals surface area contributed by atoms with E-state index in [1.807, 2.05) is 7.05 Å². The first kappa shape index (κ1) is 12.4. The van der Waals surface area contributed by atoms with E-state index >= 15 is 0 Å². The van der Waals surface area contributed by atoms with Gasteiger partial charge in [0.2, 0.25) is 0 Å². The lowest BCUT2D eigenvalue weighted by atomic mass is 10.0. The van der Waals surface area contributed by atoms with Crippen molar-refractivity contribution >= 4 is 23.2 Å². The van der Waals surface area contributed by atoms with Crippen LogP contribution in [-0.4, -0.2) is 48.1 Å². The van der Waals surface area contributed by atoms with Gasteiger partial charge in [0.1, 0.15) is 17.2 Å². The molecule has 6 heteroatoms. The van der Waals surface area contributed by atoms with Crippen molar-refractivity contribution in [3.63, 3.8) is 0 Å². The summed E-state index contributed by atoms with van der Waals surface area (Å²) in [6.07, 6.45) is 3.70. The van der Waals surface area contributed by atoms with Gasteiger partial charge in [-0.3, -0.25) is 0 Å². The molecule has 0 atom stereocenters. The van der Waals surface area contributed by atoms with E-state index in [1.54, 1.807) is 0 Å². The summed E-state index contributed by atoms with van der Waals surface area (Å²) in [6.45, 7) is 2.21. The third-order valence-corrected chi connectivity index (χ3v) is 3.73. The molecule has 0 aromatic carbocycles. The highest BCUT2D eigenvalue weighted by atomic mass is 35.5. The summed E-state index contributed by atoms with van der Waals surface area (Å²) in [6, 6.07) is 0.470. The van der Waals surface area contributed by atoms with Gasteiger partial charge in [-0.25, -0.2) is 9.97 Å². The smallest absolute Gasteiger partial charge is 0.153 e. The number of piperidine rings is 1. The van der Waals surface area contributed by atoms with Crippen molar-refractivity contribution in [2.45, 2.75) is 18.9 Å². The Morgan fingerprint density at radius 2 is 2.06 bits per heavy atom. The quantitative estimate of drug-likeness (QED) is 0.862. The van der Waals surface area contributed by atoms with E-state index in [1.165, 1.54) is 6.33 Å². The van der Waals surface area contributed by atoms with E-state index < -0.39 is 0 Å². The first-order chi connectivity index (χ1) is 8.09. The van der Waals surface area contributed by atoms with Gasteiger partial charge in [-0.15, -0.1) is 0 Å². The van der Waals surface area contributed by atoms with E-state index in [0.717, 1.165) is 31.7 Å². The summed E-state index contributed by atoms with van der Waals surface area (Å²) >= 11 is 6.13. The molecule has 0 radical (unpaired) electrons. The van der Waals surface area contributed by atoms with Crippen molar-refractivity contribution in [3.8, 4) is 0 Å². The van der Waals surface area contributed by atoms with Crippen LogP contribution in [0.3, 0.4) is 0 Å². The SMILES string of the molecule is CN1CCC(N(C)c2ncnc(N)c2Cl)CC1. The minimum atomic E-state index is 0.344. The van der Waals surface area contributed by atoms with Crippen molar-refractivity contribution in [3.05, 3.63) is 11.3 Å². The average molecular weight is 256 g/mol. The molecule has 0 aliphatic carbocycles. The predicted octanol–water partition coefficient (Wildman–Crippen LogP) is 1.24. The number of nitrogens with two attached hydrogens (primary N) is 1. The van der Waals surface area contributed by atoms with Gasteiger partial charge in [-0.1, -0.05) is 11.6 Å². The Morgan fingerprint density at radius 3 is 2.71 bits per heavy atom. The topological polar surface area (TPSA) is 58.3 Å². The highest BCUT2D eigenvalue weighted by Crippen LogP contribution is 2.29. The van der Waals surface area contributed by atoms with Crippen molar-refractivity contribution in [1.82, 2.24) is 14.9 Å². The first-order valence-electron chi connectivity index (χ1n) is 5.77. The third kappa shape index (κ3) is 2.61. The van der Waals surface area contributed by atoms with E-state index in [-0.39, 0.29) is 0 Å². The predicted molar refractivity (Wildman–Crippen MR) is 70.4 cm³/mol. The molecule has 17 heavy (non-hydrogen) atoms. The fraction of sp³-hybridized carbons (Fsp3) is 0.636. The molecular weight excluding hydrogens is 238 g/mol. The lowest BCUT2D eigenvalue weighted by Gasteiger charge is -2.36. The van der Waals surface area contributed by atoms with Gasteiger partial charge in [0.05, 0.1) is 0 Å². The number of halogens is 1. The number of likely N-dealkylation sites (tertiary alicyclic amines) is 1. The molecule has 1 fully saturated rings. The van der Waals surface area contributed by atoms with Crippen LogP contribution in [0.5, 0.6) is 0 Å². The molecule has 0 unspecified atom stereocenters. The summed E-state index contributed by atoms with van der Waals surface area (Å²) < 4.78 is 0. The van der Waals surface area contributed by atoms with Crippen LogP contribution in [0.25, 0.3) is 0 Å². The van der Waals surface area contributed by atoms with E-state index in [4.69, 9.17) is 17.3 Å². The second-order valence-corrected chi connectivity index (χ2v) is 4.92. The van der Waals surface area contributed by atoms with Gasteiger partial charge in [0.15, 0.2) is 5.82 Å². The maximum atomic E-state index is 6.13. The van der Waals surface area contributed by atoms with E-state index in [0.29, 0.717) is 16.9 Å². The fourth-order valence-corrected chi connectivity index (χ4v) is 2.41. The molecule has 0 saturated carbocycles. The Labute approximate surface area is 107 Å². The maximum Gasteiger partial charge on any atom is 0.153 e. The maximum absolute atomic E-state index is 6.13. The van der Waals surface area contributed by atoms with Gasteiger partial charge in [0, 0.05) is 13.1 Å². The van der Waals surface area contributed by atoms with Crippen LogP contribution >= 0.6 is 11.6 Å². The molecule has 2 rings (SSSR count). The van der Waals surface area contributed by atoms with Crippen molar-refractivity contribution in [2.75, 3.05) is 37.8 Å². The molecule has 2 N–H and O–H groups in total. The Bertz CT molecular complexity index is 389. The molecule has 5 nitrogen and oxygen atoms in total. The zero-order chi connectivity index (χ0) is 12.4. The minimum absolute atomic E-state index is 0.344. The summed E-state index contributed by atoms with van der Waals surface area (Å²) in [4.78, 5) is 12.6. The van der Waals surface area contributed by atoms with Gasteiger partial charge in [-0.05, 0) is 33.0 Å². The molecule has 1 saturated heterocycles. The molecule has 0 bridgehead atoms. The largest absolute Gasteiger partial charge is 0.382 e. The first-order valence-corrected chi connectivity index (χ1v) is 6.14. The molecule has 2 heterocycles. The molecule has 1 aromatic rings. The highest BCUT2D eigenvalue weighted by molar-refractivity contribution is 6.35. The van der Waals surface area contributed by atoms with Crippen LogP contribution in [-0.2, 0) is 0 Å². The molecule has 1 aliphatic heterocycles. The Morgan fingerprint density at radius 1 is 1.41 bits per heavy atom. The monoisotopic (exact) mass is 255 g/mol. The number of aromatic nitrogens is 2. The Balaban J connectivity index is 2.14. The lowest BCUT2D eigenvalue weighted by molar-refractivity contribution is 0.252. The van der Waals surface area contributed by atoms with Gasteiger partial charge < -0.3 is 15.5 Å². The van der Waals surface area contributed by atoms with Crippen molar-refractivity contribution in [2.24, 2.45) is 0 Å². The zero-order valence-corrected chi connectivity index (χ0v) is 11.0. The third-order valence-electron chi connectivity index (χ3n) is 3.37. The van der Waals surface area contributed by atoms with E-state index in [9.17, 15) is 0 Å². The molecule has 1 aliphatic rings. The van der Waals surface area contributed by atoms with Gasteiger partial charge in [0.25, 0.3) is 0 Å². The summed E-state index contributed by atoms with van der Waals surface area (Å²) in [5, 5.41) is 0.453. The summed E-state index contributed by atoms with van der Waals surface area (Å²) in [5.41, 5.74) is 5.69. The molecule has 1 aromatic heterocycles. The van der Waals surface area contributed by atoms with Gasteiger partial charge >= 0.3 is 0 Å². The fourth-order valence-electron chi connectivity index (χ4n) is 2.17.